The predicted octanol–water partition coefficient (Wildman–Crippen LogP) is 4.02. The van der Waals surface area contributed by atoms with Crippen LogP contribution in [0, 0.1) is 28.8 Å². The van der Waals surface area contributed by atoms with E-state index in [-0.39, 0.29) is 23.2 Å². The third kappa shape index (κ3) is 3.46. The van der Waals surface area contributed by atoms with E-state index in [2.05, 4.69) is 0 Å². The Hall–Kier alpha value is -2.68. The first-order chi connectivity index (χ1) is 11.6. The third-order valence-electron chi connectivity index (χ3n) is 4.02. The molecule has 0 bridgehead atoms. The maximum atomic E-state index is 14.1. The van der Waals surface area contributed by atoms with Crippen LogP contribution in [0.3, 0.4) is 0 Å². The minimum Gasteiger partial charge on any atom is -0.490 e. The molecule has 1 aliphatic rings. The van der Waals surface area contributed by atoms with E-state index in [1.165, 1.54) is 12.1 Å². The molecule has 2 aromatic rings. The Morgan fingerprint density at radius 3 is 2.12 bits per heavy atom. The normalized spacial score (nSPS) is 15.2. The van der Waals surface area contributed by atoms with Crippen LogP contribution in [0.5, 0.6) is 5.75 Å². The summed E-state index contributed by atoms with van der Waals surface area (Å²) in [4.78, 5) is 1.62. The molecule has 1 fully saturated rings. The van der Waals surface area contributed by atoms with Gasteiger partial charge in [-0.25, -0.2) is 13.2 Å². The summed E-state index contributed by atoms with van der Waals surface area (Å²) in [6.07, 6.45) is 1.10. The topological polar surface area (TPSA) is 36.3 Å². The summed E-state index contributed by atoms with van der Waals surface area (Å²) in [6, 6.07) is 9.58. The molecule has 0 spiro atoms. The van der Waals surface area contributed by atoms with Gasteiger partial charge in [0.25, 0.3) is 0 Å². The van der Waals surface area contributed by atoms with Crippen molar-refractivity contribution in [3.63, 3.8) is 0 Å². The SMILES string of the molecule is N#Cc1cc(F)c(N2CCC(Oc3ccc(F)cc3)CC2)c(F)c1. The van der Waals surface area contributed by atoms with Crippen LogP contribution < -0.4 is 9.64 Å². The Bertz CT molecular complexity index is 740. The molecular formula is C18H15F3N2O. The fourth-order valence-electron chi connectivity index (χ4n) is 2.84. The quantitative estimate of drug-likeness (QED) is 0.852. The molecule has 1 saturated heterocycles. The average Bonchev–Trinajstić information content (AvgIpc) is 2.57. The van der Waals surface area contributed by atoms with Crippen molar-refractivity contribution in [2.75, 3.05) is 18.0 Å². The molecule has 3 nitrogen and oxygen atoms in total. The van der Waals surface area contributed by atoms with Crippen LogP contribution in [0.1, 0.15) is 18.4 Å². The van der Waals surface area contributed by atoms with Crippen molar-refractivity contribution in [2.24, 2.45) is 0 Å². The highest BCUT2D eigenvalue weighted by atomic mass is 19.1. The largest absolute Gasteiger partial charge is 0.490 e. The Balaban J connectivity index is 1.65. The summed E-state index contributed by atoms with van der Waals surface area (Å²) in [5, 5.41) is 8.74. The van der Waals surface area contributed by atoms with Crippen molar-refractivity contribution < 1.29 is 17.9 Å². The van der Waals surface area contributed by atoms with E-state index in [9.17, 15) is 13.2 Å². The first-order valence-corrected chi connectivity index (χ1v) is 7.63. The average molecular weight is 332 g/mol. The van der Waals surface area contributed by atoms with Gasteiger partial charge in [-0.3, -0.25) is 0 Å². The number of halogens is 3. The van der Waals surface area contributed by atoms with E-state index >= 15 is 0 Å². The molecule has 24 heavy (non-hydrogen) atoms. The second kappa shape index (κ2) is 6.83. The van der Waals surface area contributed by atoms with E-state index in [1.54, 1.807) is 23.1 Å². The minimum atomic E-state index is -0.732. The van der Waals surface area contributed by atoms with Crippen molar-refractivity contribution in [1.29, 1.82) is 5.26 Å². The number of ether oxygens (including phenoxy) is 1. The summed E-state index contributed by atoms with van der Waals surface area (Å²) in [6.45, 7) is 0.872. The molecule has 0 atom stereocenters. The molecule has 2 aromatic carbocycles. The lowest BCUT2D eigenvalue weighted by atomic mass is 10.1. The van der Waals surface area contributed by atoms with E-state index in [4.69, 9.17) is 10.00 Å². The fourth-order valence-corrected chi connectivity index (χ4v) is 2.84. The van der Waals surface area contributed by atoms with E-state index in [0.29, 0.717) is 31.7 Å². The smallest absolute Gasteiger partial charge is 0.150 e. The summed E-state index contributed by atoms with van der Waals surface area (Å²) >= 11 is 0. The molecule has 3 rings (SSSR count). The van der Waals surface area contributed by atoms with Gasteiger partial charge in [0.1, 0.15) is 23.4 Å². The number of rotatable bonds is 3. The zero-order valence-electron chi connectivity index (χ0n) is 12.8. The van der Waals surface area contributed by atoms with Gasteiger partial charge < -0.3 is 9.64 Å². The van der Waals surface area contributed by atoms with Gasteiger partial charge in [-0.05, 0) is 36.4 Å². The Kier molecular flexibility index (Phi) is 4.61. The zero-order chi connectivity index (χ0) is 17.1. The summed E-state index contributed by atoms with van der Waals surface area (Å²) in [5.41, 5.74) is -0.141. The highest BCUT2D eigenvalue weighted by Gasteiger charge is 2.25. The summed E-state index contributed by atoms with van der Waals surface area (Å²) in [5.74, 6) is -1.22. The van der Waals surface area contributed by atoms with Gasteiger partial charge in [0.05, 0.1) is 11.6 Å². The molecule has 0 unspecified atom stereocenters. The van der Waals surface area contributed by atoms with Crippen molar-refractivity contribution in [1.82, 2.24) is 0 Å². The van der Waals surface area contributed by atoms with Crippen LogP contribution in [0.15, 0.2) is 36.4 Å². The van der Waals surface area contributed by atoms with Crippen molar-refractivity contribution >= 4 is 5.69 Å². The Morgan fingerprint density at radius 2 is 1.58 bits per heavy atom. The lowest BCUT2D eigenvalue weighted by Crippen LogP contribution is -2.39. The van der Waals surface area contributed by atoms with Crippen LogP contribution in [-0.2, 0) is 0 Å². The van der Waals surface area contributed by atoms with Gasteiger partial charge in [-0.15, -0.1) is 0 Å². The zero-order valence-corrected chi connectivity index (χ0v) is 12.8. The molecule has 0 aliphatic carbocycles. The monoisotopic (exact) mass is 332 g/mol. The minimum absolute atomic E-state index is 0.0386. The van der Waals surface area contributed by atoms with Crippen molar-refractivity contribution in [2.45, 2.75) is 18.9 Å². The number of hydrogen-bond donors (Lipinski definition) is 0. The molecule has 0 amide bonds. The number of nitrogens with zero attached hydrogens (tertiary/aromatic N) is 2. The standard InChI is InChI=1S/C18H15F3N2O/c19-13-1-3-14(4-2-13)24-15-5-7-23(8-6-15)18-16(20)9-12(11-22)10-17(18)21/h1-4,9-10,15H,5-8H2. The number of benzene rings is 2. The highest BCUT2D eigenvalue weighted by Crippen LogP contribution is 2.28. The Labute approximate surface area is 137 Å². The van der Waals surface area contributed by atoms with Crippen LogP contribution in [0.25, 0.3) is 0 Å². The molecule has 0 aromatic heterocycles. The summed E-state index contributed by atoms with van der Waals surface area (Å²) in [7, 11) is 0. The van der Waals surface area contributed by atoms with E-state index < -0.39 is 11.6 Å². The van der Waals surface area contributed by atoms with Gasteiger partial charge in [-0.1, -0.05) is 0 Å². The van der Waals surface area contributed by atoms with Crippen molar-refractivity contribution in [3.05, 3.63) is 59.4 Å². The van der Waals surface area contributed by atoms with Gasteiger partial charge in [0, 0.05) is 25.9 Å². The lowest BCUT2D eigenvalue weighted by molar-refractivity contribution is 0.170. The molecule has 124 valence electrons. The van der Waals surface area contributed by atoms with E-state index in [1.807, 2.05) is 0 Å². The number of hydrogen-bond acceptors (Lipinski definition) is 3. The molecule has 1 aliphatic heterocycles. The number of nitriles is 1. The molecule has 0 N–H and O–H groups in total. The van der Waals surface area contributed by atoms with Gasteiger partial charge in [0.2, 0.25) is 0 Å². The third-order valence-corrected chi connectivity index (χ3v) is 4.02. The molecule has 0 saturated carbocycles. The predicted molar refractivity (Wildman–Crippen MR) is 83.3 cm³/mol. The van der Waals surface area contributed by atoms with Gasteiger partial charge >= 0.3 is 0 Å². The highest BCUT2D eigenvalue weighted by molar-refractivity contribution is 5.53. The van der Waals surface area contributed by atoms with Crippen LogP contribution in [-0.4, -0.2) is 19.2 Å². The number of piperidine rings is 1. The lowest BCUT2D eigenvalue weighted by Gasteiger charge is -2.34. The molecule has 6 heteroatoms. The second-order valence-electron chi connectivity index (χ2n) is 5.66. The van der Waals surface area contributed by atoms with Crippen molar-refractivity contribution in [3.8, 4) is 11.8 Å². The molecular weight excluding hydrogens is 317 g/mol. The summed E-state index contributed by atoms with van der Waals surface area (Å²) < 4.78 is 46.8. The van der Waals surface area contributed by atoms with Crippen LogP contribution >= 0.6 is 0 Å². The first-order valence-electron chi connectivity index (χ1n) is 7.63. The van der Waals surface area contributed by atoms with E-state index in [0.717, 1.165) is 12.1 Å². The molecule has 1 heterocycles. The molecule has 0 radical (unpaired) electrons. The fraction of sp³-hybridized carbons (Fsp3) is 0.278. The maximum absolute atomic E-state index is 14.1. The number of anilines is 1. The van der Waals surface area contributed by atoms with Crippen LogP contribution in [0.2, 0.25) is 0 Å². The first kappa shape index (κ1) is 16.2. The van der Waals surface area contributed by atoms with Gasteiger partial charge in [0.15, 0.2) is 11.6 Å². The van der Waals surface area contributed by atoms with Gasteiger partial charge in [-0.2, -0.15) is 5.26 Å². The maximum Gasteiger partial charge on any atom is 0.150 e. The Morgan fingerprint density at radius 1 is 1.00 bits per heavy atom. The second-order valence-corrected chi connectivity index (χ2v) is 5.66. The van der Waals surface area contributed by atoms with Crippen LogP contribution in [0.4, 0.5) is 18.9 Å².